The highest BCUT2D eigenvalue weighted by molar-refractivity contribution is 4.63. The molecule has 1 N–H and O–H groups in total. The molecule has 0 radical (unpaired) electrons. The molecule has 0 aromatic carbocycles. The third-order valence-electron chi connectivity index (χ3n) is 3.55. The minimum absolute atomic E-state index is 0.811. The smallest absolute Gasteiger partial charge is 0.0107 e. The predicted octanol–water partition coefficient (Wildman–Crippen LogP) is 4.02. The van der Waals surface area contributed by atoms with E-state index in [2.05, 4.69) is 51.8 Å². The first-order valence-electron chi connectivity index (χ1n) is 8.34. The van der Waals surface area contributed by atoms with Crippen LogP contribution in [-0.4, -0.2) is 37.6 Å². The summed E-state index contributed by atoms with van der Waals surface area (Å²) in [5.74, 6) is 2.44. The molecular formula is C17H38N2. The van der Waals surface area contributed by atoms with Crippen LogP contribution in [0.1, 0.15) is 60.8 Å². The molecule has 0 aromatic heterocycles. The molecule has 0 aromatic rings. The Morgan fingerprint density at radius 3 is 1.53 bits per heavy atom. The lowest BCUT2D eigenvalue weighted by Crippen LogP contribution is -2.35. The maximum Gasteiger partial charge on any atom is 0.0107 e. The van der Waals surface area contributed by atoms with Crippen LogP contribution in [0.3, 0.4) is 0 Å². The van der Waals surface area contributed by atoms with Gasteiger partial charge in [0.2, 0.25) is 0 Å². The quantitative estimate of drug-likeness (QED) is 0.539. The van der Waals surface area contributed by atoms with E-state index in [0.717, 1.165) is 24.3 Å². The van der Waals surface area contributed by atoms with Crippen LogP contribution in [-0.2, 0) is 0 Å². The van der Waals surface area contributed by atoms with Gasteiger partial charge in [0.05, 0.1) is 0 Å². The average molecular weight is 271 g/mol. The van der Waals surface area contributed by atoms with E-state index < -0.39 is 0 Å². The van der Waals surface area contributed by atoms with Crippen LogP contribution < -0.4 is 5.32 Å². The van der Waals surface area contributed by atoms with Gasteiger partial charge in [0.1, 0.15) is 0 Å². The Morgan fingerprint density at radius 2 is 1.11 bits per heavy atom. The number of hydrogen-bond donors (Lipinski definition) is 1. The van der Waals surface area contributed by atoms with E-state index in [-0.39, 0.29) is 0 Å². The van der Waals surface area contributed by atoms with Crippen molar-refractivity contribution < 1.29 is 0 Å². The minimum atomic E-state index is 0.811. The Morgan fingerprint density at radius 1 is 0.632 bits per heavy atom. The average Bonchev–Trinajstić information content (AvgIpc) is 2.30. The fraction of sp³-hybridized carbons (Fsp3) is 1.00. The Bertz CT molecular complexity index is 176. The van der Waals surface area contributed by atoms with Gasteiger partial charge in [-0.15, -0.1) is 0 Å². The van der Waals surface area contributed by atoms with Crippen molar-refractivity contribution in [3.8, 4) is 0 Å². The minimum Gasteiger partial charge on any atom is -0.315 e. The summed E-state index contributed by atoms with van der Waals surface area (Å²) in [6.45, 7) is 19.9. The molecule has 0 unspecified atom stereocenters. The number of rotatable bonds is 12. The van der Waals surface area contributed by atoms with E-state index in [0.29, 0.717) is 0 Å². The van der Waals surface area contributed by atoms with Gasteiger partial charge in [-0.1, -0.05) is 41.5 Å². The lowest BCUT2D eigenvalue weighted by molar-refractivity contribution is 0.243. The second kappa shape index (κ2) is 11.7. The van der Waals surface area contributed by atoms with Gasteiger partial charge in [-0.3, -0.25) is 0 Å². The zero-order chi connectivity index (χ0) is 14.7. The van der Waals surface area contributed by atoms with Crippen LogP contribution >= 0.6 is 0 Å². The third-order valence-corrected chi connectivity index (χ3v) is 3.55. The zero-order valence-corrected chi connectivity index (χ0v) is 14.3. The topological polar surface area (TPSA) is 15.3 Å². The molecular weight excluding hydrogens is 232 g/mol. The Labute approximate surface area is 122 Å². The van der Waals surface area contributed by atoms with Crippen molar-refractivity contribution in [3.05, 3.63) is 0 Å². The summed E-state index contributed by atoms with van der Waals surface area (Å²) in [4.78, 5) is 2.64. The first-order valence-corrected chi connectivity index (χ1v) is 8.34. The van der Waals surface area contributed by atoms with Crippen LogP contribution in [0.15, 0.2) is 0 Å². The van der Waals surface area contributed by atoms with Crippen LogP contribution in [0.25, 0.3) is 0 Å². The summed E-state index contributed by atoms with van der Waals surface area (Å²) in [7, 11) is 0. The highest BCUT2D eigenvalue weighted by atomic mass is 15.1. The standard InChI is InChI=1S/C17H38N2/c1-15(2)7-10-18-11-14-19(12-8-16(3)4)13-9-17(5)6/h15-18H,7-14H2,1-6H3. The molecule has 2 heteroatoms. The first-order chi connectivity index (χ1) is 8.91. The van der Waals surface area contributed by atoms with E-state index in [9.17, 15) is 0 Å². The molecule has 116 valence electrons. The molecule has 0 spiro atoms. The van der Waals surface area contributed by atoms with E-state index in [1.165, 1.54) is 45.4 Å². The second-order valence-corrected chi connectivity index (χ2v) is 7.14. The van der Waals surface area contributed by atoms with Crippen molar-refractivity contribution >= 4 is 0 Å². The SMILES string of the molecule is CC(C)CCNCCN(CCC(C)C)CCC(C)C. The van der Waals surface area contributed by atoms with Gasteiger partial charge >= 0.3 is 0 Å². The molecule has 0 bridgehead atoms. The van der Waals surface area contributed by atoms with Gasteiger partial charge in [-0.05, 0) is 56.7 Å². The van der Waals surface area contributed by atoms with E-state index in [4.69, 9.17) is 0 Å². The monoisotopic (exact) mass is 270 g/mol. The molecule has 2 nitrogen and oxygen atoms in total. The Hall–Kier alpha value is -0.0800. The number of hydrogen-bond acceptors (Lipinski definition) is 2. The van der Waals surface area contributed by atoms with Gasteiger partial charge in [0.25, 0.3) is 0 Å². The molecule has 0 aliphatic heterocycles. The molecule has 0 aliphatic rings. The number of nitrogens with one attached hydrogen (secondary N) is 1. The van der Waals surface area contributed by atoms with E-state index >= 15 is 0 Å². The summed E-state index contributed by atoms with van der Waals surface area (Å²) in [6, 6.07) is 0. The predicted molar refractivity (Wildman–Crippen MR) is 87.7 cm³/mol. The molecule has 0 amide bonds. The van der Waals surface area contributed by atoms with E-state index in [1.54, 1.807) is 0 Å². The van der Waals surface area contributed by atoms with Gasteiger partial charge in [0.15, 0.2) is 0 Å². The van der Waals surface area contributed by atoms with Crippen LogP contribution in [0.2, 0.25) is 0 Å². The van der Waals surface area contributed by atoms with Crippen molar-refractivity contribution in [3.63, 3.8) is 0 Å². The maximum atomic E-state index is 3.58. The van der Waals surface area contributed by atoms with Crippen molar-refractivity contribution in [1.82, 2.24) is 10.2 Å². The summed E-state index contributed by atoms with van der Waals surface area (Å²) >= 11 is 0. The van der Waals surface area contributed by atoms with Gasteiger partial charge in [0, 0.05) is 13.1 Å². The molecule has 0 heterocycles. The van der Waals surface area contributed by atoms with Crippen LogP contribution in [0.5, 0.6) is 0 Å². The zero-order valence-electron chi connectivity index (χ0n) is 14.3. The van der Waals surface area contributed by atoms with Crippen molar-refractivity contribution in [1.29, 1.82) is 0 Å². The molecule has 0 rings (SSSR count). The molecule has 19 heavy (non-hydrogen) atoms. The van der Waals surface area contributed by atoms with Gasteiger partial charge in [-0.25, -0.2) is 0 Å². The Kier molecular flexibility index (Phi) is 11.7. The summed E-state index contributed by atoms with van der Waals surface area (Å²) in [5, 5.41) is 3.58. The third kappa shape index (κ3) is 14.1. The van der Waals surface area contributed by atoms with Crippen LogP contribution in [0, 0.1) is 17.8 Å². The molecule has 0 aliphatic carbocycles. The maximum absolute atomic E-state index is 3.58. The highest BCUT2D eigenvalue weighted by Crippen LogP contribution is 2.06. The van der Waals surface area contributed by atoms with Crippen molar-refractivity contribution in [2.75, 3.05) is 32.7 Å². The molecule has 0 saturated carbocycles. The lowest BCUT2D eigenvalue weighted by Gasteiger charge is -2.24. The lowest BCUT2D eigenvalue weighted by atomic mass is 10.1. The van der Waals surface area contributed by atoms with E-state index in [1.807, 2.05) is 0 Å². The summed E-state index contributed by atoms with van der Waals surface area (Å²) in [5.41, 5.74) is 0. The van der Waals surface area contributed by atoms with Gasteiger partial charge in [-0.2, -0.15) is 0 Å². The highest BCUT2D eigenvalue weighted by Gasteiger charge is 2.07. The Balaban J connectivity index is 3.77. The molecule has 0 saturated heterocycles. The molecule has 0 fully saturated rings. The van der Waals surface area contributed by atoms with Gasteiger partial charge < -0.3 is 10.2 Å². The summed E-state index contributed by atoms with van der Waals surface area (Å²) < 4.78 is 0. The number of nitrogens with zero attached hydrogens (tertiary/aromatic N) is 1. The summed E-state index contributed by atoms with van der Waals surface area (Å²) in [6.07, 6.45) is 3.94. The fourth-order valence-corrected chi connectivity index (χ4v) is 1.97. The normalized spacial score (nSPS) is 12.3. The van der Waals surface area contributed by atoms with Crippen LogP contribution in [0.4, 0.5) is 0 Å². The largest absolute Gasteiger partial charge is 0.315 e. The molecule has 0 atom stereocenters. The van der Waals surface area contributed by atoms with Crippen molar-refractivity contribution in [2.24, 2.45) is 17.8 Å². The second-order valence-electron chi connectivity index (χ2n) is 7.14. The first kappa shape index (κ1) is 18.9. The van der Waals surface area contributed by atoms with Crippen molar-refractivity contribution in [2.45, 2.75) is 60.8 Å². The fourth-order valence-electron chi connectivity index (χ4n) is 1.97.